The van der Waals surface area contributed by atoms with Crippen molar-refractivity contribution in [3.8, 4) is 5.75 Å². The number of aromatic nitrogens is 2. The number of nitrogens with zero attached hydrogens (tertiary/aromatic N) is 2. The molecule has 3 rings (SSSR count). The summed E-state index contributed by atoms with van der Waals surface area (Å²) in [5.74, 6) is -0.132. The molecule has 32 heavy (non-hydrogen) atoms. The summed E-state index contributed by atoms with van der Waals surface area (Å²) in [6.07, 6.45) is 1.76. The van der Waals surface area contributed by atoms with E-state index in [1.165, 1.54) is 0 Å². The van der Waals surface area contributed by atoms with Gasteiger partial charge in [-0.2, -0.15) is 0 Å². The molecule has 2 aromatic heterocycles. The number of carbonyl (C=O) groups excluding carboxylic acids is 2. The second-order valence-corrected chi connectivity index (χ2v) is 7.88. The number of hydrogen-bond donors (Lipinski definition) is 1. The van der Waals surface area contributed by atoms with Crippen LogP contribution in [0.15, 0.2) is 60.8 Å². The van der Waals surface area contributed by atoms with Crippen LogP contribution in [0.2, 0.25) is 0 Å². The van der Waals surface area contributed by atoms with Crippen molar-refractivity contribution in [2.45, 2.75) is 33.7 Å². The molecule has 0 aliphatic carbocycles. The van der Waals surface area contributed by atoms with E-state index in [-0.39, 0.29) is 24.0 Å². The summed E-state index contributed by atoms with van der Waals surface area (Å²) in [7, 11) is 0. The first kappa shape index (κ1) is 23.1. The zero-order chi connectivity index (χ0) is 23.3. The maximum absolute atomic E-state index is 13.4. The van der Waals surface area contributed by atoms with Crippen LogP contribution in [0.3, 0.4) is 0 Å². The normalized spacial score (nSPS) is 11.9. The molecule has 1 N–H and O–H groups in total. The summed E-state index contributed by atoms with van der Waals surface area (Å²) in [6.45, 7) is 12.3. The molecule has 0 bridgehead atoms. The van der Waals surface area contributed by atoms with E-state index in [4.69, 9.17) is 9.47 Å². The fourth-order valence-corrected chi connectivity index (χ4v) is 3.37. The molecule has 0 spiro atoms. The first-order chi connectivity index (χ1) is 15.3. The number of esters is 1. The fourth-order valence-electron chi connectivity index (χ4n) is 3.37. The molecule has 7 nitrogen and oxygen atoms in total. The Morgan fingerprint density at radius 3 is 2.53 bits per heavy atom. The summed E-state index contributed by atoms with van der Waals surface area (Å²) in [5, 5.41) is 2.95. The molecule has 3 aromatic rings. The van der Waals surface area contributed by atoms with Crippen molar-refractivity contribution in [1.29, 1.82) is 0 Å². The third-order valence-corrected chi connectivity index (χ3v) is 4.87. The highest BCUT2D eigenvalue weighted by Gasteiger charge is 2.27. The van der Waals surface area contributed by atoms with Crippen molar-refractivity contribution in [2.24, 2.45) is 5.92 Å². The smallest absolute Gasteiger partial charge is 0.335 e. The number of imidazole rings is 1. The Balaban J connectivity index is 1.94. The standard InChI is InChI=1S/C25H29N3O4/c1-6-31-20-13-10-14-28-22(18(5)26-23(20)28)24(29)27-21(19-11-8-7-9-12-19)17(4)25(30)32-15-16(2)3/h7-14,16,21H,4,6,15H2,1-3,5H3,(H,27,29)/t21-/m0/s1. The van der Waals surface area contributed by atoms with Crippen molar-refractivity contribution < 1.29 is 19.1 Å². The minimum Gasteiger partial charge on any atom is -0.490 e. The Kier molecular flexibility index (Phi) is 7.30. The molecular weight excluding hydrogens is 406 g/mol. The molecule has 168 valence electrons. The third kappa shape index (κ3) is 4.99. The fraction of sp³-hybridized carbons (Fsp3) is 0.320. The van der Waals surface area contributed by atoms with Gasteiger partial charge in [0.2, 0.25) is 0 Å². The number of benzene rings is 1. The molecule has 0 fully saturated rings. The van der Waals surface area contributed by atoms with Gasteiger partial charge in [0, 0.05) is 6.20 Å². The van der Waals surface area contributed by atoms with Gasteiger partial charge >= 0.3 is 5.97 Å². The van der Waals surface area contributed by atoms with Crippen LogP contribution in [0.4, 0.5) is 0 Å². The second-order valence-electron chi connectivity index (χ2n) is 7.88. The minimum absolute atomic E-state index is 0.159. The van der Waals surface area contributed by atoms with Crippen LogP contribution >= 0.6 is 0 Å². The second kappa shape index (κ2) is 10.1. The maximum atomic E-state index is 13.4. The van der Waals surface area contributed by atoms with E-state index < -0.39 is 12.0 Å². The molecule has 0 unspecified atom stereocenters. The highest BCUT2D eigenvalue weighted by Crippen LogP contribution is 2.25. The van der Waals surface area contributed by atoms with Crippen LogP contribution in [-0.4, -0.2) is 34.5 Å². The van der Waals surface area contributed by atoms with Gasteiger partial charge in [0.25, 0.3) is 5.91 Å². The summed E-state index contributed by atoms with van der Waals surface area (Å²) >= 11 is 0. The lowest BCUT2D eigenvalue weighted by Crippen LogP contribution is -2.33. The van der Waals surface area contributed by atoms with Crippen molar-refractivity contribution in [1.82, 2.24) is 14.7 Å². The summed E-state index contributed by atoms with van der Waals surface area (Å²) < 4.78 is 12.7. The molecule has 0 radical (unpaired) electrons. The highest BCUT2D eigenvalue weighted by molar-refractivity contribution is 5.97. The summed E-state index contributed by atoms with van der Waals surface area (Å²) in [5.41, 5.74) is 2.37. The van der Waals surface area contributed by atoms with Crippen molar-refractivity contribution in [3.63, 3.8) is 0 Å². The highest BCUT2D eigenvalue weighted by atomic mass is 16.5. The Morgan fingerprint density at radius 1 is 1.16 bits per heavy atom. The van der Waals surface area contributed by atoms with Crippen molar-refractivity contribution >= 4 is 17.5 Å². The van der Waals surface area contributed by atoms with Crippen LogP contribution < -0.4 is 10.1 Å². The van der Waals surface area contributed by atoms with E-state index in [0.717, 1.165) is 5.56 Å². The molecule has 7 heteroatoms. The zero-order valence-corrected chi connectivity index (χ0v) is 18.9. The number of amides is 1. The molecule has 1 amide bonds. The monoisotopic (exact) mass is 435 g/mol. The first-order valence-electron chi connectivity index (χ1n) is 10.7. The van der Waals surface area contributed by atoms with Crippen LogP contribution in [0.25, 0.3) is 5.65 Å². The van der Waals surface area contributed by atoms with Crippen molar-refractivity contribution in [3.05, 3.63) is 77.8 Å². The van der Waals surface area contributed by atoms with E-state index in [1.807, 2.05) is 57.2 Å². The van der Waals surface area contributed by atoms with Gasteiger partial charge < -0.3 is 14.8 Å². The van der Waals surface area contributed by atoms with Crippen LogP contribution in [-0.2, 0) is 9.53 Å². The van der Waals surface area contributed by atoms with Gasteiger partial charge in [-0.3, -0.25) is 9.20 Å². The van der Waals surface area contributed by atoms with Crippen LogP contribution in [0, 0.1) is 12.8 Å². The molecular formula is C25H29N3O4. The average Bonchev–Trinajstić information content (AvgIpc) is 3.12. The molecule has 1 aromatic carbocycles. The Hall–Kier alpha value is -3.61. The number of fused-ring (bicyclic) bond motifs is 1. The van der Waals surface area contributed by atoms with Gasteiger partial charge in [-0.05, 0) is 37.5 Å². The predicted molar refractivity (Wildman–Crippen MR) is 123 cm³/mol. The first-order valence-corrected chi connectivity index (χ1v) is 10.7. The average molecular weight is 436 g/mol. The molecule has 0 saturated heterocycles. The zero-order valence-electron chi connectivity index (χ0n) is 18.9. The van der Waals surface area contributed by atoms with E-state index in [2.05, 4.69) is 16.9 Å². The summed E-state index contributed by atoms with van der Waals surface area (Å²) in [6, 6.07) is 12.1. The number of carbonyl (C=O) groups is 2. The quantitative estimate of drug-likeness (QED) is 0.401. The number of ether oxygens (including phenoxy) is 2. The number of rotatable bonds is 9. The van der Waals surface area contributed by atoms with Gasteiger partial charge in [0.15, 0.2) is 11.4 Å². The largest absolute Gasteiger partial charge is 0.490 e. The van der Waals surface area contributed by atoms with Crippen LogP contribution in [0.5, 0.6) is 5.75 Å². The van der Waals surface area contributed by atoms with E-state index in [9.17, 15) is 9.59 Å². The van der Waals surface area contributed by atoms with Gasteiger partial charge in [-0.25, -0.2) is 9.78 Å². The summed E-state index contributed by atoms with van der Waals surface area (Å²) in [4.78, 5) is 30.5. The van der Waals surface area contributed by atoms with Crippen LogP contribution in [0.1, 0.15) is 48.6 Å². The van der Waals surface area contributed by atoms with E-state index >= 15 is 0 Å². The lowest BCUT2D eigenvalue weighted by atomic mass is 9.99. The van der Waals surface area contributed by atoms with Gasteiger partial charge in [0.1, 0.15) is 5.69 Å². The van der Waals surface area contributed by atoms with Gasteiger partial charge in [-0.1, -0.05) is 50.8 Å². The molecule has 0 aliphatic heterocycles. The Morgan fingerprint density at radius 2 is 1.88 bits per heavy atom. The van der Waals surface area contributed by atoms with E-state index in [0.29, 0.717) is 29.4 Å². The molecule has 0 aliphatic rings. The van der Waals surface area contributed by atoms with Crippen molar-refractivity contribution in [2.75, 3.05) is 13.2 Å². The number of pyridine rings is 1. The maximum Gasteiger partial charge on any atom is 0.335 e. The predicted octanol–water partition coefficient (Wildman–Crippen LogP) is 4.27. The third-order valence-electron chi connectivity index (χ3n) is 4.87. The van der Waals surface area contributed by atoms with Gasteiger partial charge in [0.05, 0.1) is 30.5 Å². The number of nitrogens with one attached hydrogen (secondary N) is 1. The molecule has 0 saturated carbocycles. The molecule has 1 atom stereocenters. The minimum atomic E-state index is -0.747. The van der Waals surface area contributed by atoms with Gasteiger partial charge in [-0.15, -0.1) is 0 Å². The lowest BCUT2D eigenvalue weighted by molar-refractivity contribution is -0.140. The lowest BCUT2D eigenvalue weighted by Gasteiger charge is -2.21. The topological polar surface area (TPSA) is 81.9 Å². The van der Waals surface area contributed by atoms with E-state index in [1.54, 1.807) is 23.6 Å². The number of aryl methyl sites for hydroxylation is 1. The number of hydrogen-bond acceptors (Lipinski definition) is 5. The Bertz CT molecular complexity index is 1120. The Labute approximate surface area is 188 Å². The SMILES string of the molecule is C=C(C(=O)OCC(C)C)[C@H](NC(=O)c1c(C)nc2c(OCC)cccn12)c1ccccc1. The molecule has 2 heterocycles.